The summed E-state index contributed by atoms with van der Waals surface area (Å²) in [5, 5.41) is 0.219. The van der Waals surface area contributed by atoms with Crippen LogP contribution in [0.3, 0.4) is 0 Å². The second-order valence-electron chi connectivity index (χ2n) is 9.43. The van der Waals surface area contributed by atoms with Crippen molar-refractivity contribution < 1.29 is 14.0 Å². The Balaban J connectivity index is 2.68. The molecule has 24 heavy (non-hydrogen) atoms. The second-order valence-corrected chi connectivity index (χ2v) is 14.2. The Bertz CT molecular complexity index is 472. The number of allylic oxidation sites excluding steroid dienone is 2. The Kier molecular flexibility index (Phi) is 6.91. The molecule has 0 N–H and O–H groups in total. The molecule has 0 aromatic rings. The minimum atomic E-state index is -1.75. The van der Waals surface area contributed by atoms with Crippen LogP contribution in [-0.4, -0.2) is 26.8 Å². The van der Waals surface area contributed by atoms with Gasteiger partial charge in [0.2, 0.25) is 0 Å². The van der Waals surface area contributed by atoms with Crippen LogP contribution in [0.15, 0.2) is 11.8 Å². The summed E-state index contributed by atoms with van der Waals surface area (Å²) in [7, 11) is -1.75. The predicted molar refractivity (Wildman–Crippen MR) is 104 cm³/mol. The fraction of sp³-hybridized carbons (Fsp3) is 0.850. The van der Waals surface area contributed by atoms with Gasteiger partial charge >= 0.3 is 0 Å². The van der Waals surface area contributed by atoms with Gasteiger partial charge in [-0.3, -0.25) is 4.79 Å². The smallest absolute Gasteiger partial charge is 0.192 e. The lowest BCUT2D eigenvalue weighted by molar-refractivity contribution is -0.123. The first-order valence-electron chi connectivity index (χ1n) is 9.35. The summed E-state index contributed by atoms with van der Waals surface area (Å²) >= 11 is 0. The quantitative estimate of drug-likeness (QED) is 0.549. The summed E-state index contributed by atoms with van der Waals surface area (Å²) < 4.78 is 12.0. The van der Waals surface area contributed by atoms with Gasteiger partial charge < -0.3 is 9.16 Å². The van der Waals surface area contributed by atoms with Crippen molar-refractivity contribution in [1.82, 2.24) is 0 Å². The number of hydrogen-bond acceptors (Lipinski definition) is 3. The van der Waals surface area contributed by atoms with Crippen LogP contribution < -0.4 is 0 Å². The van der Waals surface area contributed by atoms with E-state index in [9.17, 15) is 4.79 Å². The SMILES string of the molecule is CCOC1=CC(=O)C(CC[C@H](C)O[Si](C)(C)C(C)(C)C)C(C)(C)C1. The molecule has 0 fully saturated rings. The van der Waals surface area contributed by atoms with E-state index in [0.717, 1.165) is 25.0 Å². The van der Waals surface area contributed by atoms with E-state index in [-0.39, 0.29) is 28.3 Å². The first-order valence-corrected chi connectivity index (χ1v) is 12.3. The van der Waals surface area contributed by atoms with E-state index in [1.807, 2.05) is 6.92 Å². The fourth-order valence-electron chi connectivity index (χ4n) is 3.22. The molecule has 1 aliphatic carbocycles. The summed E-state index contributed by atoms with van der Waals surface area (Å²) in [5.74, 6) is 1.12. The zero-order valence-electron chi connectivity index (χ0n) is 17.3. The van der Waals surface area contributed by atoms with Gasteiger partial charge in [0.1, 0.15) is 5.76 Å². The molecule has 0 heterocycles. The zero-order valence-corrected chi connectivity index (χ0v) is 18.3. The molecule has 1 rings (SSSR count). The average Bonchev–Trinajstić information content (AvgIpc) is 2.34. The van der Waals surface area contributed by atoms with Crippen molar-refractivity contribution in [1.29, 1.82) is 0 Å². The first-order chi connectivity index (χ1) is 10.8. The van der Waals surface area contributed by atoms with Crippen LogP contribution in [0.5, 0.6) is 0 Å². The van der Waals surface area contributed by atoms with Gasteiger partial charge in [0, 0.05) is 24.5 Å². The van der Waals surface area contributed by atoms with E-state index in [1.54, 1.807) is 6.08 Å². The van der Waals surface area contributed by atoms with Gasteiger partial charge in [-0.05, 0) is 50.2 Å². The molecule has 0 radical (unpaired) electrons. The highest BCUT2D eigenvalue weighted by Crippen LogP contribution is 2.42. The molecule has 0 bridgehead atoms. The van der Waals surface area contributed by atoms with Gasteiger partial charge in [0.25, 0.3) is 0 Å². The summed E-state index contributed by atoms with van der Waals surface area (Å²) in [6.07, 6.45) is 4.58. The van der Waals surface area contributed by atoms with Crippen molar-refractivity contribution in [3.05, 3.63) is 11.8 Å². The Morgan fingerprint density at radius 3 is 2.38 bits per heavy atom. The van der Waals surface area contributed by atoms with Crippen LogP contribution in [0.4, 0.5) is 0 Å². The molecule has 0 aromatic heterocycles. The Hall–Kier alpha value is -0.613. The Morgan fingerprint density at radius 1 is 1.33 bits per heavy atom. The maximum atomic E-state index is 12.6. The topological polar surface area (TPSA) is 35.5 Å². The van der Waals surface area contributed by atoms with Crippen LogP contribution in [0.25, 0.3) is 0 Å². The summed E-state index contributed by atoms with van der Waals surface area (Å²) in [6, 6.07) is 0. The highest BCUT2D eigenvalue weighted by molar-refractivity contribution is 6.74. The molecule has 1 aliphatic rings. The van der Waals surface area contributed by atoms with E-state index in [0.29, 0.717) is 6.61 Å². The van der Waals surface area contributed by atoms with Gasteiger partial charge in [-0.15, -0.1) is 0 Å². The molecule has 4 heteroatoms. The first kappa shape index (κ1) is 21.4. The van der Waals surface area contributed by atoms with Crippen molar-refractivity contribution in [2.75, 3.05) is 6.61 Å². The van der Waals surface area contributed by atoms with Crippen molar-refractivity contribution in [3.8, 4) is 0 Å². The standard InChI is InChI=1S/C20H38O3Si/c1-10-22-16-13-18(21)17(20(6,7)14-16)12-11-15(2)23-24(8,9)19(3,4)5/h13,15,17H,10-12,14H2,1-9H3/t15-,17?/m0/s1. The molecule has 0 saturated carbocycles. The molecule has 0 spiro atoms. The maximum Gasteiger partial charge on any atom is 0.192 e. The van der Waals surface area contributed by atoms with E-state index in [4.69, 9.17) is 9.16 Å². The molecule has 1 unspecified atom stereocenters. The minimum absolute atomic E-state index is 0.0486. The van der Waals surface area contributed by atoms with E-state index >= 15 is 0 Å². The molecule has 0 aliphatic heterocycles. The lowest BCUT2D eigenvalue weighted by atomic mass is 9.68. The highest BCUT2D eigenvalue weighted by Gasteiger charge is 2.41. The lowest BCUT2D eigenvalue weighted by Crippen LogP contribution is -2.43. The summed E-state index contributed by atoms with van der Waals surface area (Å²) in [6.45, 7) is 20.5. The summed E-state index contributed by atoms with van der Waals surface area (Å²) in [4.78, 5) is 12.6. The molecular formula is C20H38O3Si. The Labute approximate surface area is 150 Å². The summed E-state index contributed by atoms with van der Waals surface area (Å²) in [5.41, 5.74) is -0.0486. The van der Waals surface area contributed by atoms with Gasteiger partial charge in [0.15, 0.2) is 14.1 Å². The molecule has 0 amide bonds. The third-order valence-corrected chi connectivity index (χ3v) is 10.3. The van der Waals surface area contributed by atoms with Gasteiger partial charge in [-0.1, -0.05) is 34.6 Å². The number of ketones is 1. The van der Waals surface area contributed by atoms with E-state index < -0.39 is 8.32 Å². The van der Waals surface area contributed by atoms with Gasteiger partial charge in [-0.2, -0.15) is 0 Å². The maximum absolute atomic E-state index is 12.6. The normalized spacial score (nSPS) is 23.0. The molecule has 3 nitrogen and oxygen atoms in total. The molecule has 140 valence electrons. The number of carbonyl (C=O) groups excluding carboxylic acids is 1. The number of hydrogen-bond donors (Lipinski definition) is 0. The van der Waals surface area contributed by atoms with E-state index in [1.165, 1.54) is 0 Å². The van der Waals surface area contributed by atoms with Crippen LogP contribution in [0, 0.1) is 11.3 Å². The predicted octanol–water partition coefficient (Wildman–Crippen LogP) is 5.71. The molecule has 2 atom stereocenters. The molecular weight excluding hydrogens is 316 g/mol. The van der Waals surface area contributed by atoms with Crippen LogP contribution in [0.1, 0.15) is 67.7 Å². The van der Waals surface area contributed by atoms with Crippen LogP contribution >= 0.6 is 0 Å². The number of carbonyl (C=O) groups is 1. The lowest BCUT2D eigenvalue weighted by Gasteiger charge is -2.40. The third kappa shape index (κ3) is 5.45. The highest BCUT2D eigenvalue weighted by atomic mass is 28.4. The third-order valence-electron chi connectivity index (χ3n) is 5.71. The van der Waals surface area contributed by atoms with Crippen molar-refractivity contribution in [2.24, 2.45) is 11.3 Å². The van der Waals surface area contributed by atoms with Crippen LogP contribution in [-0.2, 0) is 14.0 Å². The van der Waals surface area contributed by atoms with Crippen molar-refractivity contribution >= 4 is 14.1 Å². The van der Waals surface area contributed by atoms with E-state index in [2.05, 4.69) is 54.6 Å². The average molecular weight is 355 g/mol. The number of rotatable bonds is 7. The van der Waals surface area contributed by atoms with Gasteiger partial charge in [-0.25, -0.2) is 0 Å². The van der Waals surface area contributed by atoms with Crippen LogP contribution in [0.2, 0.25) is 18.1 Å². The largest absolute Gasteiger partial charge is 0.498 e. The number of ether oxygens (including phenoxy) is 1. The minimum Gasteiger partial charge on any atom is -0.498 e. The zero-order chi connectivity index (χ0) is 18.8. The fourth-order valence-corrected chi connectivity index (χ4v) is 4.70. The van der Waals surface area contributed by atoms with Gasteiger partial charge in [0.05, 0.1) is 6.61 Å². The molecule has 0 aromatic carbocycles. The monoisotopic (exact) mass is 354 g/mol. The van der Waals surface area contributed by atoms with Crippen molar-refractivity contribution in [3.63, 3.8) is 0 Å². The molecule has 0 saturated heterocycles. The van der Waals surface area contributed by atoms with Crippen molar-refractivity contribution in [2.45, 2.75) is 92.0 Å². The Morgan fingerprint density at radius 2 is 1.92 bits per heavy atom. The second kappa shape index (κ2) is 7.73.